The average molecular weight is 1130 g/mol. The van der Waals surface area contributed by atoms with Gasteiger partial charge >= 0.3 is 17.9 Å². The summed E-state index contributed by atoms with van der Waals surface area (Å²) in [5.41, 5.74) is 0. The topological polar surface area (TPSA) is 78.9 Å². The number of hydrogen-bond acceptors (Lipinski definition) is 6. The largest absolute Gasteiger partial charge is 0.462 e. The third kappa shape index (κ3) is 65.3. The summed E-state index contributed by atoms with van der Waals surface area (Å²) < 4.78 is 16.9. The van der Waals surface area contributed by atoms with E-state index in [1.54, 1.807) is 0 Å². The molecule has 0 aromatic rings. The van der Waals surface area contributed by atoms with Gasteiger partial charge in [-0.25, -0.2) is 0 Å². The molecule has 6 nitrogen and oxygen atoms in total. The van der Waals surface area contributed by atoms with Gasteiger partial charge in [-0.2, -0.15) is 0 Å². The molecule has 82 heavy (non-hydrogen) atoms. The standard InChI is InChI=1S/C76H118O6/c1-4-7-10-13-16-19-22-25-27-29-31-33-35-37-38-40-41-43-45-47-49-51-54-57-60-63-66-69-75(78)81-72-73(71-80-74(77)68-65-62-59-56-53-24-21-18-15-12-9-6-3)82-76(79)70-67-64-61-58-55-52-50-48-46-44-42-39-36-34-32-30-28-26-23-20-17-14-11-8-5-2/h7-8,10-11,16-21,25-28,31-34,37-39,41-43,46-49,52,55,73H,4-6,9,12-15,22-24,29-30,35-36,40,44-45,50-51,53-54,56-72H2,1-3H3/b10-7-,11-8-,19-16-,20-17-,21-18-,27-25-,28-26-,33-31-,34-32-,38-37-,42-39-,43-41-,48-46-,49-47-,55-52-. The van der Waals surface area contributed by atoms with E-state index in [0.717, 1.165) is 180 Å². The summed E-state index contributed by atoms with van der Waals surface area (Å²) in [6.45, 7) is 6.32. The molecule has 0 rings (SSSR count). The van der Waals surface area contributed by atoms with Crippen molar-refractivity contribution >= 4 is 17.9 Å². The van der Waals surface area contributed by atoms with E-state index in [4.69, 9.17) is 14.2 Å². The Hall–Kier alpha value is -5.49. The molecule has 0 aromatic carbocycles. The summed E-state index contributed by atoms with van der Waals surface area (Å²) in [4.78, 5) is 38.3. The average Bonchev–Trinajstić information content (AvgIpc) is 3.47. The molecule has 0 saturated heterocycles. The van der Waals surface area contributed by atoms with Crippen LogP contribution in [0.3, 0.4) is 0 Å². The molecule has 0 aromatic heterocycles. The van der Waals surface area contributed by atoms with Crippen LogP contribution in [0, 0.1) is 0 Å². The highest BCUT2D eigenvalue weighted by molar-refractivity contribution is 5.71. The van der Waals surface area contributed by atoms with Crippen molar-refractivity contribution in [3.8, 4) is 0 Å². The smallest absolute Gasteiger partial charge is 0.306 e. The summed E-state index contributed by atoms with van der Waals surface area (Å²) >= 11 is 0. The van der Waals surface area contributed by atoms with E-state index in [1.165, 1.54) is 32.1 Å². The fourth-order valence-electron chi connectivity index (χ4n) is 8.28. The molecule has 0 bridgehead atoms. The molecule has 1 atom stereocenters. The summed E-state index contributed by atoms with van der Waals surface area (Å²) in [6, 6.07) is 0. The number of carbonyl (C=O) groups is 3. The van der Waals surface area contributed by atoms with Gasteiger partial charge in [-0.3, -0.25) is 14.4 Å². The lowest BCUT2D eigenvalue weighted by atomic mass is 10.1. The first-order valence-corrected chi connectivity index (χ1v) is 32.8. The van der Waals surface area contributed by atoms with Crippen LogP contribution in [0.1, 0.15) is 258 Å². The molecule has 0 amide bonds. The maximum absolute atomic E-state index is 12.9. The minimum Gasteiger partial charge on any atom is -0.462 e. The first kappa shape index (κ1) is 76.5. The number of esters is 3. The van der Waals surface area contributed by atoms with Crippen LogP contribution in [0.25, 0.3) is 0 Å². The molecule has 0 N–H and O–H groups in total. The fourth-order valence-corrected chi connectivity index (χ4v) is 8.28. The normalized spacial score (nSPS) is 13.4. The fraction of sp³-hybridized carbons (Fsp3) is 0.566. The zero-order chi connectivity index (χ0) is 59.2. The van der Waals surface area contributed by atoms with Gasteiger partial charge in [0.1, 0.15) is 13.2 Å². The number of hydrogen-bond donors (Lipinski definition) is 0. The van der Waals surface area contributed by atoms with Crippen LogP contribution in [0.4, 0.5) is 0 Å². The molecule has 458 valence electrons. The molecule has 0 aliphatic rings. The van der Waals surface area contributed by atoms with Gasteiger partial charge in [0.25, 0.3) is 0 Å². The molecule has 0 radical (unpaired) electrons. The molecule has 6 heteroatoms. The summed E-state index contributed by atoms with van der Waals surface area (Å²) in [5, 5.41) is 0. The van der Waals surface area contributed by atoms with Crippen LogP contribution in [-0.4, -0.2) is 37.2 Å². The van der Waals surface area contributed by atoms with E-state index in [0.29, 0.717) is 19.3 Å². The lowest BCUT2D eigenvalue weighted by Crippen LogP contribution is -2.30. The van der Waals surface area contributed by atoms with E-state index < -0.39 is 6.10 Å². The zero-order valence-electron chi connectivity index (χ0n) is 52.4. The number of allylic oxidation sites excluding steroid dienone is 30. The summed E-state index contributed by atoms with van der Waals surface area (Å²) in [7, 11) is 0. The predicted octanol–water partition coefficient (Wildman–Crippen LogP) is 22.8. The van der Waals surface area contributed by atoms with Crippen LogP contribution in [0.5, 0.6) is 0 Å². The van der Waals surface area contributed by atoms with Gasteiger partial charge < -0.3 is 14.2 Å². The highest BCUT2D eigenvalue weighted by atomic mass is 16.6. The number of rotatable bonds is 57. The molecule has 0 aliphatic carbocycles. The summed E-state index contributed by atoms with van der Waals surface area (Å²) in [5.74, 6) is -0.980. The van der Waals surface area contributed by atoms with E-state index >= 15 is 0 Å². The van der Waals surface area contributed by atoms with E-state index in [-0.39, 0.29) is 37.5 Å². The molecule has 0 saturated carbocycles. The molecule has 0 heterocycles. The Kier molecular flexibility index (Phi) is 63.5. The number of carbonyl (C=O) groups excluding carboxylic acids is 3. The Morgan fingerprint density at radius 2 is 0.476 bits per heavy atom. The van der Waals surface area contributed by atoms with Crippen molar-refractivity contribution in [3.63, 3.8) is 0 Å². The molecule has 0 fully saturated rings. The minimum atomic E-state index is -0.820. The van der Waals surface area contributed by atoms with Crippen LogP contribution in [0.2, 0.25) is 0 Å². The van der Waals surface area contributed by atoms with Gasteiger partial charge in [-0.1, -0.05) is 261 Å². The first-order chi connectivity index (χ1) is 40.5. The second kappa shape index (κ2) is 68.0. The molecule has 0 spiro atoms. The van der Waals surface area contributed by atoms with Crippen molar-refractivity contribution in [2.75, 3.05) is 13.2 Å². The third-order valence-electron chi connectivity index (χ3n) is 13.1. The van der Waals surface area contributed by atoms with Crippen molar-refractivity contribution < 1.29 is 28.6 Å². The van der Waals surface area contributed by atoms with Crippen molar-refractivity contribution in [1.29, 1.82) is 0 Å². The van der Waals surface area contributed by atoms with Gasteiger partial charge in [0, 0.05) is 19.3 Å². The van der Waals surface area contributed by atoms with E-state index in [9.17, 15) is 14.4 Å². The van der Waals surface area contributed by atoms with Crippen LogP contribution in [-0.2, 0) is 28.6 Å². The Morgan fingerprint density at radius 1 is 0.256 bits per heavy atom. The SMILES string of the molecule is CC/C=C\C/C=C\C/C=C\C/C=C\C/C=C\C/C=C\C/C=C\CCCCCCCC(=O)OCC(COC(=O)CCCCCCC/C=C\CCCCC)OC(=O)CCCCC/C=C\C/C=C\C/C=C\C/C=C\C/C=C\C/C=C\C/C=C\CC. The van der Waals surface area contributed by atoms with Gasteiger partial charge in [-0.15, -0.1) is 0 Å². The lowest BCUT2D eigenvalue weighted by molar-refractivity contribution is -0.167. The third-order valence-corrected chi connectivity index (χ3v) is 13.1. The Morgan fingerprint density at radius 3 is 0.768 bits per heavy atom. The molecular weight excluding hydrogens is 1010 g/mol. The monoisotopic (exact) mass is 1130 g/mol. The van der Waals surface area contributed by atoms with Crippen molar-refractivity contribution in [3.05, 3.63) is 182 Å². The van der Waals surface area contributed by atoms with Crippen molar-refractivity contribution in [2.45, 2.75) is 264 Å². The predicted molar refractivity (Wildman–Crippen MR) is 357 cm³/mol. The second-order valence-corrected chi connectivity index (χ2v) is 20.9. The lowest BCUT2D eigenvalue weighted by Gasteiger charge is -2.18. The van der Waals surface area contributed by atoms with Crippen LogP contribution in [0.15, 0.2) is 182 Å². The molecule has 0 aliphatic heterocycles. The Bertz CT molecular complexity index is 1920. The number of unbranched alkanes of at least 4 members (excludes halogenated alkanes) is 16. The van der Waals surface area contributed by atoms with Gasteiger partial charge in [0.2, 0.25) is 0 Å². The van der Waals surface area contributed by atoms with Gasteiger partial charge in [0.15, 0.2) is 6.10 Å². The maximum atomic E-state index is 12.9. The first-order valence-electron chi connectivity index (χ1n) is 32.8. The van der Waals surface area contributed by atoms with Crippen LogP contribution >= 0.6 is 0 Å². The molecular formula is C76H118O6. The minimum absolute atomic E-state index is 0.111. The van der Waals surface area contributed by atoms with Crippen LogP contribution < -0.4 is 0 Å². The quantitative estimate of drug-likeness (QED) is 0.0261. The van der Waals surface area contributed by atoms with Crippen molar-refractivity contribution in [1.82, 2.24) is 0 Å². The Balaban J connectivity index is 4.47. The summed E-state index contributed by atoms with van der Waals surface area (Å²) in [6.07, 6.45) is 102. The zero-order valence-corrected chi connectivity index (χ0v) is 52.4. The van der Waals surface area contributed by atoms with E-state index in [2.05, 4.69) is 203 Å². The number of ether oxygens (including phenoxy) is 3. The highest BCUT2D eigenvalue weighted by Crippen LogP contribution is 2.13. The highest BCUT2D eigenvalue weighted by Gasteiger charge is 2.19. The van der Waals surface area contributed by atoms with Gasteiger partial charge in [0.05, 0.1) is 0 Å². The molecule has 1 unspecified atom stereocenters. The van der Waals surface area contributed by atoms with Gasteiger partial charge in [-0.05, 0) is 161 Å². The Labute approximate surface area is 504 Å². The van der Waals surface area contributed by atoms with E-state index in [1.807, 2.05) is 0 Å². The maximum Gasteiger partial charge on any atom is 0.306 e. The van der Waals surface area contributed by atoms with Crippen molar-refractivity contribution in [2.24, 2.45) is 0 Å². The second-order valence-electron chi connectivity index (χ2n) is 20.9.